The third-order valence-electron chi connectivity index (χ3n) is 3.14. The second kappa shape index (κ2) is 5.50. The van der Waals surface area contributed by atoms with E-state index >= 15 is 0 Å². The average molecular weight is 234 g/mol. The summed E-state index contributed by atoms with van der Waals surface area (Å²) in [4.78, 5) is 0. The molecular formula is C18H18. The van der Waals surface area contributed by atoms with Gasteiger partial charge < -0.3 is 0 Å². The first-order chi connectivity index (χ1) is 8.72. The quantitative estimate of drug-likeness (QED) is 0.643. The lowest BCUT2D eigenvalue weighted by molar-refractivity contribution is 1.41. The van der Waals surface area contributed by atoms with Crippen LogP contribution in [0, 0.1) is 13.8 Å². The summed E-state index contributed by atoms with van der Waals surface area (Å²) < 4.78 is 0. The average Bonchev–Trinajstić information content (AvgIpc) is 2.38. The molecule has 0 aliphatic carbocycles. The van der Waals surface area contributed by atoms with E-state index in [0.717, 1.165) is 0 Å². The number of aryl methyl sites for hydroxylation is 2. The van der Waals surface area contributed by atoms with Gasteiger partial charge in [0.15, 0.2) is 0 Å². The zero-order valence-corrected chi connectivity index (χ0v) is 11.0. The lowest BCUT2D eigenvalue weighted by Gasteiger charge is -2.08. The molecule has 0 bridgehead atoms. The normalized spacial score (nSPS) is 10.8. The smallest absolute Gasteiger partial charge is 0.0155 e. The molecule has 0 fully saturated rings. The Bertz CT molecular complexity index is 589. The molecule has 0 saturated heterocycles. The SMILES string of the molecule is C=C/C=C\c1ccc(-c2ccccc2C)cc1C. The largest absolute Gasteiger partial charge is 0.0991 e. The van der Waals surface area contributed by atoms with E-state index in [1.807, 2.05) is 6.08 Å². The fourth-order valence-electron chi connectivity index (χ4n) is 2.10. The zero-order valence-electron chi connectivity index (χ0n) is 11.0. The van der Waals surface area contributed by atoms with Crippen LogP contribution in [0.25, 0.3) is 17.2 Å². The van der Waals surface area contributed by atoms with Crippen molar-refractivity contribution in [2.24, 2.45) is 0 Å². The van der Waals surface area contributed by atoms with Gasteiger partial charge in [0.1, 0.15) is 0 Å². The molecular weight excluding hydrogens is 216 g/mol. The van der Waals surface area contributed by atoms with Crippen LogP contribution in [0.4, 0.5) is 0 Å². The van der Waals surface area contributed by atoms with Crippen LogP contribution in [-0.2, 0) is 0 Å². The number of allylic oxidation sites excluding steroid dienone is 2. The van der Waals surface area contributed by atoms with E-state index in [9.17, 15) is 0 Å². The van der Waals surface area contributed by atoms with Crippen molar-refractivity contribution in [2.75, 3.05) is 0 Å². The first-order valence-corrected chi connectivity index (χ1v) is 6.18. The van der Waals surface area contributed by atoms with E-state index in [1.54, 1.807) is 6.08 Å². The minimum Gasteiger partial charge on any atom is -0.0991 e. The summed E-state index contributed by atoms with van der Waals surface area (Å²) in [5.74, 6) is 0. The van der Waals surface area contributed by atoms with E-state index in [0.29, 0.717) is 0 Å². The molecule has 0 N–H and O–H groups in total. The van der Waals surface area contributed by atoms with E-state index < -0.39 is 0 Å². The lowest BCUT2D eigenvalue weighted by atomic mass is 9.97. The summed E-state index contributed by atoms with van der Waals surface area (Å²) in [5, 5.41) is 0. The van der Waals surface area contributed by atoms with Crippen LogP contribution in [-0.4, -0.2) is 0 Å². The molecule has 90 valence electrons. The Morgan fingerprint density at radius 2 is 1.72 bits per heavy atom. The molecule has 0 heteroatoms. The highest BCUT2D eigenvalue weighted by molar-refractivity contribution is 5.70. The van der Waals surface area contributed by atoms with E-state index in [4.69, 9.17) is 0 Å². The van der Waals surface area contributed by atoms with Crippen molar-refractivity contribution < 1.29 is 0 Å². The van der Waals surface area contributed by atoms with Gasteiger partial charge in [-0.15, -0.1) is 0 Å². The van der Waals surface area contributed by atoms with Gasteiger partial charge in [0.2, 0.25) is 0 Å². The van der Waals surface area contributed by atoms with Gasteiger partial charge in [-0.2, -0.15) is 0 Å². The summed E-state index contributed by atoms with van der Waals surface area (Å²) in [7, 11) is 0. The van der Waals surface area contributed by atoms with Gasteiger partial charge in [-0.1, -0.05) is 67.3 Å². The molecule has 18 heavy (non-hydrogen) atoms. The topological polar surface area (TPSA) is 0 Å². The molecule has 0 spiro atoms. The Morgan fingerprint density at radius 1 is 0.944 bits per heavy atom. The Morgan fingerprint density at radius 3 is 2.39 bits per heavy atom. The van der Waals surface area contributed by atoms with E-state index in [1.165, 1.54) is 27.8 Å². The van der Waals surface area contributed by atoms with Crippen LogP contribution >= 0.6 is 0 Å². The van der Waals surface area contributed by atoms with Crippen molar-refractivity contribution in [3.63, 3.8) is 0 Å². The monoisotopic (exact) mass is 234 g/mol. The highest BCUT2D eigenvalue weighted by atomic mass is 14.1. The van der Waals surface area contributed by atoms with Crippen LogP contribution in [0.2, 0.25) is 0 Å². The first-order valence-electron chi connectivity index (χ1n) is 6.18. The number of hydrogen-bond donors (Lipinski definition) is 0. The molecule has 2 rings (SSSR count). The summed E-state index contributed by atoms with van der Waals surface area (Å²) in [5.41, 5.74) is 6.42. The predicted molar refractivity (Wildman–Crippen MR) is 80.6 cm³/mol. The molecule has 0 saturated carbocycles. The lowest BCUT2D eigenvalue weighted by Crippen LogP contribution is -1.86. The van der Waals surface area contributed by atoms with Gasteiger partial charge in [-0.25, -0.2) is 0 Å². The highest BCUT2D eigenvalue weighted by Gasteiger charge is 2.02. The fourth-order valence-corrected chi connectivity index (χ4v) is 2.10. The maximum Gasteiger partial charge on any atom is -0.0155 e. The Labute approximate surface area is 109 Å². The van der Waals surface area contributed by atoms with Crippen LogP contribution in [0.3, 0.4) is 0 Å². The van der Waals surface area contributed by atoms with Crippen molar-refractivity contribution in [2.45, 2.75) is 13.8 Å². The van der Waals surface area contributed by atoms with Crippen molar-refractivity contribution in [1.29, 1.82) is 0 Å². The van der Waals surface area contributed by atoms with Gasteiger partial charge in [0.05, 0.1) is 0 Å². The van der Waals surface area contributed by atoms with Crippen LogP contribution < -0.4 is 0 Å². The summed E-state index contributed by atoms with van der Waals surface area (Å²) in [6.07, 6.45) is 5.86. The van der Waals surface area contributed by atoms with E-state index in [2.05, 4.69) is 69.0 Å². The molecule has 0 radical (unpaired) electrons. The highest BCUT2D eigenvalue weighted by Crippen LogP contribution is 2.25. The standard InChI is InChI=1S/C18H18/c1-4-5-9-16-11-12-17(13-15(16)3)18-10-7-6-8-14(18)2/h4-13H,1H2,2-3H3/b9-5-. The molecule has 2 aromatic rings. The second-order valence-corrected chi connectivity index (χ2v) is 4.48. The molecule has 0 atom stereocenters. The van der Waals surface area contributed by atoms with Crippen LogP contribution in [0.5, 0.6) is 0 Å². The maximum atomic E-state index is 3.70. The summed E-state index contributed by atoms with van der Waals surface area (Å²) in [6.45, 7) is 7.99. The Hall–Kier alpha value is -2.08. The van der Waals surface area contributed by atoms with Gasteiger partial charge in [-0.3, -0.25) is 0 Å². The van der Waals surface area contributed by atoms with Crippen molar-refractivity contribution >= 4 is 6.08 Å². The minimum atomic E-state index is 1.24. The second-order valence-electron chi connectivity index (χ2n) is 4.48. The maximum absolute atomic E-state index is 3.70. The Balaban J connectivity index is 2.43. The summed E-state index contributed by atoms with van der Waals surface area (Å²) in [6, 6.07) is 15.1. The van der Waals surface area contributed by atoms with E-state index in [-0.39, 0.29) is 0 Å². The number of benzene rings is 2. The van der Waals surface area contributed by atoms with Crippen molar-refractivity contribution in [3.8, 4) is 11.1 Å². The fraction of sp³-hybridized carbons (Fsp3) is 0.111. The molecule has 0 heterocycles. The molecule has 0 aliphatic heterocycles. The number of hydrogen-bond acceptors (Lipinski definition) is 0. The molecule has 0 aliphatic rings. The third-order valence-corrected chi connectivity index (χ3v) is 3.14. The molecule has 2 aromatic carbocycles. The molecule has 0 nitrogen and oxygen atoms in total. The first kappa shape index (κ1) is 12.4. The molecule has 0 unspecified atom stereocenters. The zero-order chi connectivity index (χ0) is 13.0. The van der Waals surface area contributed by atoms with Gasteiger partial charge in [0, 0.05) is 0 Å². The van der Waals surface area contributed by atoms with Gasteiger partial charge in [0.25, 0.3) is 0 Å². The van der Waals surface area contributed by atoms with Crippen molar-refractivity contribution in [1.82, 2.24) is 0 Å². The molecule has 0 amide bonds. The van der Waals surface area contributed by atoms with Gasteiger partial charge >= 0.3 is 0 Å². The van der Waals surface area contributed by atoms with Crippen LogP contribution in [0.1, 0.15) is 16.7 Å². The minimum absolute atomic E-state index is 1.24. The third kappa shape index (κ3) is 2.60. The Kier molecular flexibility index (Phi) is 3.78. The molecule has 0 aromatic heterocycles. The summed E-state index contributed by atoms with van der Waals surface area (Å²) >= 11 is 0. The van der Waals surface area contributed by atoms with Gasteiger partial charge in [-0.05, 0) is 41.7 Å². The predicted octanol–water partition coefficient (Wildman–Crippen LogP) is 5.17. The van der Waals surface area contributed by atoms with Crippen molar-refractivity contribution in [3.05, 3.63) is 77.9 Å². The number of rotatable bonds is 3. The van der Waals surface area contributed by atoms with Crippen LogP contribution in [0.15, 0.2) is 61.2 Å².